The Labute approximate surface area is 126 Å². The number of carbonyl (C=O) groups excluding carboxylic acids is 1. The van der Waals surface area contributed by atoms with Gasteiger partial charge in [0.1, 0.15) is 12.4 Å². The number of carbonyl (C=O) groups is 2. The first-order chi connectivity index (χ1) is 10.5. The summed E-state index contributed by atoms with van der Waals surface area (Å²) in [5, 5.41) is 16.2. The fourth-order valence-corrected chi connectivity index (χ4v) is 2.66. The van der Waals surface area contributed by atoms with Crippen molar-refractivity contribution in [3.63, 3.8) is 0 Å². The highest BCUT2D eigenvalue weighted by Gasteiger charge is 2.31. The number of aromatic nitrogens is 3. The van der Waals surface area contributed by atoms with E-state index in [-0.39, 0.29) is 11.3 Å². The molecule has 7 heteroatoms. The largest absolute Gasteiger partial charge is 0.478 e. The second-order valence-electron chi connectivity index (χ2n) is 5.08. The van der Waals surface area contributed by atoms with E-state index in [2.05, 4.69) is 15.4 Å². The van der Waals surface area contributed by atoms with Crippen molar-refractivity contribution < 1.29 is 14.7 Å². The standard InChI is InChI=1S/C15H14N4O3/c1-8-12(9(2)20)13(19-15(18-8)16-7-17-19)10-3-5-11(6-4-10)14(21)22/h3-7,13H,1-2H3,(H,21,22)(H,16,17,18)/t13-/m0/s1. The molecule has 0 fully saturated rings. The van der Waals surface area contributed by atoms with Crippen LogP contribution in [-0.2, 0) is 4.79 Å². The number of ketones is 1. The molecule has 0 unspecified atom stereocenters. The van der Waals surface area contributed by atoms with E-state index < -0.39 is 12.0 Å². The van der Waals surface area contributed by atoms with Gasteiger partial charge < -0.3 is 10.4 Å². The molecule has 0 radical (unpaired) electrons. The highest BCUT2D eigenvalue weighted by Crippen LogP contribution is 2.34. The van der Waals surface area contributed by atoms with Gasteiger partial charge in [-0.15, -0.1) is 0 Å². The predicted molar refractivity (Wildman–Crippen MR) is 78.6 cm³/mol. The summed E-state index contributed by atoms with van der Waals surface area (Å²) in [5.41, 5.74) is 2.28. The second-order valence-corrected chi connectivity index (χ2v) is 5.08. The van der Waals surface area contributed by atoms with Crippen molar-refractivity contribution in [3.8, 4) is 0 Å². The Morgan fingerprint density at radius 2 is 1.95 bits per heavy atom. The van der Waals surface area contributed by atoms with Gasteiger partial charge in [0.15, 0.2) is 5.78 Å². The van der Waals surface area contributed by atoms with E-state index in [1.165, 1.54) is 25.4 Å². The fourth-order valence-electron chi connectivity index (χ4n) is 2.66. The van der Waals surface area contributed by atoms with Crippen LogP contribution in [0.3, 0.4) is 0 Å². The quantitative estimate of drug-likeness (QED) is 0.897. The molecular formula is C15H14N4O3. The van der Waals surface area contributed by atoms with Crippen molar-refractivity contribution in [1.82, 2.24) is 14.8 Å². The van der Waals surface area contributed by atoms with Gasteiger partial charge in [0.05, 0.1) is 5.56 Å². The number of benzene rings is 1. The summed E-state index contributed by atoms with van der Waals surface area (Å²) < 4.78 is 1.62. The minimum Gasteiger partial charge on any atom is -0.478 e. The van der Waals surface area contributed by atoms with Crippen LogP contribution in [0.5, 0.6) is 0 Å². The summed E-state index contributed by atoms with van der Waals surface area (Å²) in [6, 6.07) is 6.01. The van der Waals surface area contributed by atoms with Gasteiger partial charge in [-0.2, -0.15) is 10.1 Å². The number of allylic oxidation sites excluding steroid dienone is 2. The van der Waals surface area contributed by atoms with Crippen LogP contribution in [-0.4, -0.2) is 31.6 Å². The molecule has 1 aromatic carbocycles. The van der Waals surface area contributed by atoms with E-state index in [4.69, 9.17) is 5.11 Å². The molecule has 0 saturated carbocycles. The van der Waals surface area contributed by atoms with Gasteiger partial charge in [-0.3, -0.25) is 4.79 Å². The van der Waals surface area contributed by atoms with Crippen molar-refractivity contribution >= 4 is 17.7 Å². The Morgan fingerprint density at radius 1 is 1.27 bits per heavy atom. The number of carboxylic acid groups (broad SMARTS) is 1. The van der Waals surface area contributed by atoms with Crippen LogP contribution in [0.25, 0.3) is 0 Å². The number of rotatable bonds is 3. The molecule has 7 nitrogen and oxygen atoms in total. The van der Waals surface area contributed by atoms with Gasteiger partial charge >= 0.3 is 5.97 Å². The Bertz CT molecular complexity index is 789. The zero-order valence-electron chi connectivity index (χ0n) is 12.1. The lowest BCUT2D eigenvalue weighted by atomic mass is 9.93. The summed E-state index contributed by atoms with van der Waals surface area (Å²) >= 11 is 0. The first kappa shape index (κ1) is 14.0. The zero-order chi connectivity index (χ0) is 15.9. The van der Waals surface area contributed by atoms with Crippen molar-refractivity contribution in [2.24, 2.45) is 0 Å². The van der Waals surface area contributed by atoms with E-state index in [0.717, 1.165) is 11.3 Å². The molecule has 3 rings (SSSR count). The highest BCUT2D eigenvalue weighted by molar-refractivity contribution is 5.96. The molecule has 1 aromatic heterocycles. The van der Waals surface area contributed by atoms with E-state index in [1.807, 2.05) is 6.92 Å². The summed E-state index contributed by atoms with van der Waals surface area (Å²) in [7, 11) is 0. The molecule has 2 aromatic rings. The first-order valence-corrected chi connectivity index (χ1v) is 6.70. The minimum atomic E-state index is -0.989. The van der Waals surface area contributed by atoms with Gasteiger partial charge in [0.2, 0.25) is 5.95 Å². The topological polar surface area (TPSA) is 97.1 Å². The number of hydrogen-bond donors (Lipinski definition) is 2. The maximum absolute atomic E-state index is 12.0. The molecule has 112 valence electrons. The first-order valence-electron chi connectivity index (χ1n) is 6.70. The number of nitrogens with one attached hydrogen (secondary N) is 1. The minimum absolute atomic E-state index is 0.0709. The molecule has 1 aliphatic heterocycles. The van der Waals surface area contributed by atoms with Crippen molar-refractivity contribution in [2.75, 3.05) is 5.32 Å². The lowest BCUT2D eigenvalue weighted by molar-refractivity contribution is -0.114. The van der Waals surface area contributed by atoms with Gasteiger partial charge in [-0.05, 0) is 31.5 Å². The number of hydrogen-bond acceptors (Lipinski definition) is 5. The maximum Gasteiger partial charge on any atom is 0.335 e. The third-order valence-corrected chi connectivity index (χ3v) is 3.65. The molecule has 0 spiro atoms. The molecule has 1 aliphatic rings. The Kier molecular flexibility index (Phi) is 3.25. The molecule has 1 atom stereocenters. The van der Waals surface area contributed by atoms with Crippen molar-refractivity contribution in [2.45, 2.75) is 19.9 Å². The molecule has 2 heterocycles. The molecule has 22 heavy (non-hydrogen) atoms. The second kappa shape index (κ2) is 5.10. The monoisotopic (exact) mass is 298 g/mol. The van der Waals surface area contributed by atoms with Crippen molar-refractivity contribution in [1.29, 1.82) is 0 Å². The SMILES string of the molecule is CC(=O)C1=C(C)Nc2ncnn2[C@H]1c1ccc(C(=O)O)cc1. The number of aromatic carboxylic acids is 1. The Morgan fingerprint density at radius 3 is 2.55 bits per heavy atom. The lowest BCUT2D eigenvalue weighted by Gasteiger charge is -2.28. The summed E-state index contributed by atoms with van der Waals surface area (Å²) in [5.74, 6) is -0.509. The van der Waals surface area contributed by atoms with Crippen LogP contribution in [0.2, 0.25) is 0 Å². The van der Waals surface area contributed by atoms with Crippen LogP contribution in [0, 0.1) is 0 Å². The molecule has 0 amide bonds. The Hall–Kier alpha value is -2.96. The van der Waals surface area contributed by atoms with Crippen LogP contribution in [0.15, 0.2) is 41.9 Å². The predicted octanol–water partition coefficient (Wildman–Crippen LogP) is 1.85. The molecule has 2 N–H and O–H groups in total. The molecular weight excluding hydrogens is 284 g/mol. The van der Waals surface area contributed by atoms with E-state index in [9.17, 15) is 9.59 Å². The fraction of sp³-hybridized carbons (Fsp3) is 0.200. The molecule has 0 bridgehead atoms. The van der Waals surface area contributed by atoms with E-state index in [0.29, 0.717) is 11.5 Å². The lowest BCUT2D eigenvalue weighted by Crippen LogP contribution is -2.27. The number of fused-ring (bicyclic) bond motifs is 1. The number of carboxylic acids is 1. The third-order valence-electron chi connectivity index (χ3n) is 3.65. The van der Waals surface area contributed by atoms with Gasteiger partial charge in [0.25, 0.3) is 0 Å². The average molecular weight is 298 g/mol. The number of nitrogens with zero attached hydrogens (tertiary/aromatic N) is 3. The van der Waals surface area contributed by atoms with Crippen LogP contribution >= 0.6 is 0 Å². The average Bonchev–Trinajstić information content (AvgIpc) is 2.93. The van der Waals surface area contributed by atoms with Crippen LogP contribution in [0.4, 0.5) is 5.95 Å². The van der Waals surface area contributed by atoms with Crippen LogP contribution < -0.4 is 5.32 Å². The third kappa shape index (κ3) is 2.16. The molecule has 0 saturated heterocycles. The smallest absolute Gasteiger partial charge is 0.335 e. The number of Topliss-reactive ketones (excluding diaryl/α,β-unsaturated/α-hetero) is 1. The normalized spacial score (nSPS) is 16.9. The Balaban J connectivity index is 2.14. The van der Waals surface area contributed by atoms with E-state index in [1.54, 1.807) is 16.8 Å². The van der Waals surface area contributed by atoms with E-state index >= 15 is 0 Å². The summed E-state index contributed by atoms with van der Waals surface area (Å²) in [4.78, 5) is 27.1. The summed E-state index contributed by atoms with van der Waals surface area (Å²) in [6.07, 6.45) is 1.41. The van der Waals surface area contributed by atoms with Crippen LogP contribution in [0.1, 0.15) is 35.8 Å². The van der Waals surface area contributed by atoms with Crippen molar-refractivity contribution in [3.05, 3.63) is 53.0 Å². The van der Waals surface area contributed by atoms with Gasteiger partial charge in [0, 0.05) is 11.3 Å². The molecule has 0 aliphatic carbocycles. The maximum atomic E-state index is 12.0. The number of anilines is 1. The van der Waals surface area contributed by atoms with Gasteiger partial charge in [-0.25, -0.2) is 9.48 Å². The van der Waals surface area contributed by atoms with Gasteiger partial charge in [-0.1, -0.05) is 12.1 Å². The highest BCUT2D eigenvalue weighted by atomic mass is 16.4. The summed E-state index contributed by atoms with van der Waals surface area (Å²) in [6.45, 7) is 3.31. The zero-order valence-corrected chi connectivity index (χ0v) is 12.1.